The van der Waals surface area contributed by atoms with Crippen LogP contribution in [0.15, 0.2) is 12.3 Å². The minimum atomic E-state index is -0.774. The molecule has 172 valence electrons. The first-order valence-corrected chi connectivity index (χ1v) is 10.6. The molecule has 13 heteroatoms. The normalized spacial score (nSPS) is 14.8. The van der Waals surface area contributed by atoms with Gasteiger partial charge in [-0.3, -0.25) is 24.2 Å². The van der Waals surface area contributed by atoms with Gasteiger partial charge in [-0.1, -0.05) is 0 Å². The maximum absolute atomic E-state index is 13.1. The average molecular weight is 454 g/mol. The maximum Gasteiger partial charge on any atom is 0.267 e. The molecule has 0 bridgehead atoms. The molecule has 12 nitrogen and oxygen atoms in total. The van der Waals surface area contributed by atoms with Crippen LogP contribution in [0.3, 0.4) is 0 Å². The number of pyridine rings is 1. The number of likely N-dealkylation sites (tertiary alicyclic amines) is 1. The van der Waals surface area contributed by atoms with Gasteiger partial charge in [0.1, 0.15) is 28.9 Å². The molecule has 1 aliphatic heterocycles. The van der Waals surface area contributed by atoms with Crippen molar-refractivity contribution >= 4 is 16.8 Å². The molecule has 0 aliphatic carbocycles. The highest BCUT2D eigenvalue weighted by molar-refractivity contribution is 5.99. The van der Waals surface area contributed by atoms with Crippen LogP contribution in [0.1, 0.15) is 23.1 Å². The lowest BCUT2D eigenvalue weighted by Gasteiger charge is -2.34. The number of primary amides is 1. The standard InChI is InChI=1S/C20H23FN10O2/c1-3-30-16(17(32)10(2)28-30)20-25-19(26-27-20)15-12-7-23-31(5-4-29-8-11(21)9-29)14(12)6-13(24-15)18(22)33/h6-7,11,32H,3-5,8-9H2,1-2H3,(H2,22,33)(H,25,26,27). The number of carbonyl (C=O) groups is 1. The smallest absolute Gasteiger partial charge is 0.267 e. The Labute approximate surface area is 187 Å². The second kappa shape index (κ2) is 7.92. The van der Waals surface area contributed by atoms with Crippen LogP contribution in [0.2, 0.25) is 0 Å². The summed E-state index contributed by atoms with van der Waals surface area (Å²) < 4.78 is 16.4. The van der Waals surface area contributed by atoms with Crippen molar-refractivity contribution < 1.29 is 14.3 Å². The van der Waals surface area contributed by atoms with E-state index in [0.29, 0.717) is 66.5 Å². The highest BCUT2D eigenvalue weighted by atomic mass is 19.1. The first-order valence-electron chi connectivity index (χ1n) is 10.6. The molecule has 0 unspecified atom stereocenters. The number of fused-ring (bicyclic) bond motifs is 1. The highest BCUT2D eigenvalue weighted by Gasteiger charge is 2.26. The van der Waals surface area contributed by atoms with Gasteiger partial charge < -0.3 is 10.8 Å². The number of nitrogens with zero attached hydrogens (tertiary/aromatic N) is 8. The summed E-state index contributed by atoms with van der Waals surface area (Å²) in [5.74, 6) is -0.149. The summed E-state index contributed by atoms with van der Waals surface area (Å²) in [7, 11) is 0. The molecule has 0 saturated carbocycles. The van der Waals surface area contributed by atoms with Crippen molar-refractivity contribution in [2.75, 3.05) is 19.6 Å². The topological polar surface area (TPSA) is 157 Å². The van der Waals surface area contributed by atoms with Crippen molar-refractivity contribution in [2.24, 2.45) is 5.73 Å². The third-order valence-electron chi connectivity index (χ3n) is 5.75. The Morgan fingerprint density at radius 3 is 2.79 bits per heavy atom. The number of nitrogens with two attached hydrogens (primary N) is 1. The van der Waals surface area contributed by atoms with E-state index in [4.69, 9.17) is 5.73 Å². The first-order chi connectivity index (χ1) is 15.9. The van der Waals surface area contributed by atoms with Crippen LogP contribution in [0.4, 0.5) is 4.39 Å². The molecule has 4 N–H and O–H groups in total. The molecule has 5 rings (SSSR count). The lowest BCUT2D eigenvalue weighted by molar-refractivity contribution is 0.0622. The zero-order valence-electron chi connectivity index (χ0n) is 18.2. The first kappa shape index (κ1) is 21.0. The molecule has 5 heterocycles. The number of halogens is 1. The number of aromatic hydroxyl groups is 1. The molecule has 1 aliphatic rings. The second-order valence-corrected chi connectivity index (χ2v) is 7.98. The molecule has 1 amide bonds. The number of aromatic nitrogens is 8. The number of alkyl halides is 1. The Bertz CT molecular complexity index is 1350. The summed E-state index contributed by atoms with van der Waals surface area (Å²) in [6.07, 6.45) is 0.862. The van der Waals surface area contributed by atoms with E-state index in [2.05, 4.69) is 30.4 Å². The van der Waals surface area contributed by atoms with Crippen molar-refractivity contribution in [1.29, 1.82) is 0 Å². The zero-order chi connectivity index (χ0) is 23.3. The van der Waals surface area contributed by atoms with E-state index in [9.17, 15) is 14.3 Å². The molecular weight excluding hydrogens is 431 g/mol. The van der Waals surface area contributed by atoms with Gasteiger partial charge in [-0.2, -0.15) is 15.3 Å². The van der Waals surface area contributed by atoms with Gasteiger partial charge in [0.2, 0.25) is 5.82 Å². The SMILES string of the molecule is CCn1nc(C)c(O)c1-c1n[nH]c(-c2nc(C(N)=O)cc3c2cnn3CCN2CC(F)C2)n1. The Morgan fingerprint density at radius 2 is 2.09 bits per heavy atom. The summed E-state index contributed by atoms with van der Waals surface area (Å²) in [5.41, 5.74) is 7.45. The predicted octanol–water partition coefficient (Wildman–Crippen LogP) is 0.866. The second-order valence-electron chi connectivity index (χ2n) is 7.98. The number of rotatable bonds is 7. The van der Waals surface area contributed by atoms with E-state index < -0.39 is 12.1 Å². The van der Waals surface area contributed by atoms with E-state index in [1.54, 1.807) is 28.6 Å². The van der Waals surface area contributed by atoms with Crippen LogP contribution < -0.4 is 5.73 Å². The van der Waals surface area contributed by atoms with Crippen molar-refractivity contribution in [3.05, 3.63) is 23.7 Å². The number of nitrogens with one attached hydrogen (secondary N) is 1. The van der Waals surface area contributed by atoms with Gasteiger partial charge >= 0.3 is 0 Å². The minimum absolute atomic E-state index is 0.000671. The van der Waals surface area contributed by atoms with Gasteiger partial charge in [0.25, 0.3) is 5.91 Å². The fourth-order valence-corrected chi connectivity index (χ4v) is 3.98. The minimum Gasteiger partial charge on any atom is -0.504 e. The van der Waals surface area contributed by atoms with Crippen LogP contribution in [-0.4, -0.2) is 81.4 Å². The van der Waals surface area contributed by atoms with Crippen LogP contribution >= 0.6 is 0 Å². The number of amides is 1. The third kappa shape index (κ3) is 3.59. The quantitative estimate of drug-likeness (QED) is 0.371. The largest absolute Gasteiger partial charge is 0.504 e. The van der Waals surface area contributed by atoms with E-state index in [1.807, 2.05) is 11.8 Å². The van der Waals surface area contributed by atoms with Gasteiger partial charge in [-0.25, -0.2) is 14.4 Å². The summed E-state index contributed by atoms with van der Waals surface area (Å²) >= 11 is 0. The Morgan fingerprint density at radius 1 is 1.30 bits per heavy atom. The number of hydrogen-bond acceptors (Lipinski definition) is 8. The van der Waals surface area contributed by atoms with Crippen molar-refractivity contribution in [2.45, 2.75) is 33.1 Å². The highest BCUT2D eigenvalue weighted by Crippen LogP contribution is 2.32. The Hall–Kier alpha value is -3.87. The van der Waals surface area contributed by atoms with Crippen molar-refractivity contribution in [3.8, 4) is 28.8 Å². The molecule has 0 aromatic carbocycles. The van der Waals surface area contributed by atoms with E-state index in [1.165, 1.54) is 0 Å². The molecule has 0 spiro atoms. The van der Waals surface area contributed by atoms with Gasteiger partial charge in [0.15, 0.2) is 11.6 Å². The lowest BCUT2D eigenvalue weighted by atomic mass is 10.2. The Balaban J connectivity index is 1.55. The molecule has 0 radical (unpaired) electrons. The molecule has 1 saturated heterocycles. The third-order valence-corrected chi connectivity index (χ3v) is 5.75. The van der Waals surface area contributed by atoms with Crippen LogP contribution in [-0.2, 0) is 13.1 Å². The lowest BCUT2D eigenvalue weighted by Crippen LogP contribution is -2.49. The van der Waals surface area contributed by atoms with Gasteiger partial charge in [-0.05, 0) is 19.9 Å². The van der Waals surface area contributed by atoms with Crippen LogP contribution in [0, 0.1) is 6.92 Å². The number of aromatic amines is 1. The van der Waals surface area contributed by atoms with Gasteiger partial charge in [0.05, 0.1) is 18.3 Å². The number of aryl methyl sites for hydroxylation is 2. The average Bonchev–Trinajstić information content (AvgIpc) is 3.47. The molecule has 4 aromatic heterocycles. The fourth-order valence-electron chi connectivity index (χ4n) is 3.98. The Kier molecular flexibility index (Phi) is 5.04. The number of carbonyl (C=O) groups excluding carboxylic acids is 1. The van der Waals surface area contributed by atoms with Crippen molar-refractivity contribution in [3.63, 3.8) is 0 Å². The van der Waals surface area contributed by atoms with E-state index in [-0.39, 0.29) is 17.3 Å². The van der Waals surface area contributed by atoms with Gasteiger partial charge in [0, 0.05) is 31.6 Å². The van der Waals surface area contributed by atoms with Crippen molar-refractivity contribution in [1.82, 2.24) is 44.6 Å². The fraction of sp³-hybridized carbons (Fsp3) is 0.400. The summed E-state index contributed by atoms with van der Waals surface area (Å²) in [6, 6.07) is 1.58. The molecule has 33 heavy (non-hydrogen) atoms. The van der Waals surface area contributed by atoms with Gasteiger partial charge in [-0.15, -0.1) is 0 Å². The van der Waals surface area contributed by atoms with E-state index in [0.717, 1.165) is 0 Å². The zero-order valence-corrected chi connectivity index (χ0v) is 18.2. The molecule has 4 aromatic rings. The van der Waals surface area contributed by atoms with Crippen LogP contribution in [0.5, 0.6) is 5.75 Å². The molecule has 0 atom stereocenters. The summed E-state index contributed by atoms with van der Waals surface area (Å²) in [4.78, 5) is 22.9. The molecule has 1 fully saturated rings. The maximum atomic E-state index is 13.1. The monoisotopic (exact) mass is 454 g/mol. The molecular formula is C20H23FN10O2. The number of H-pyrrole nitrogens is 1. The summed E-state index contributed by atoms with van der Waals surface area (Å²) in [6.45, 7) is 6.09. The number of hydrogen-bond donors (Lipinski definition) is 3. The van der Waals surface area contributed by atoms with Crippen LogP contribution in [0.25, 0.3) is 33.9 Å². The predicted molar refractivity (Wildman–Crippen MR) is 116 cm³/mol. The summed E-state index contributed by atoms with van der Waals surface area (Å²) in [5, 5.41) is 26.9. The van der Waals surface area contributed by atoms with E-state index >= 15 is 0 Å².